The average molecular weight is 147 g/mol. The third-order valence-corrected chi connectivity index (χ3v) is 0.702. The predicted octanol–water partition coefficient (Wildman–Crippen LogP) is 0.451. The first-order valence-electron chi connectivity index (χ1n) is 2.55. The Hall–Kier alpha value is -1.26. The van der Waals surface area contributed by atoms with Crippen LogP contribution in [0.3, 0.4) is 0 Å². The Morgan fingerprint density at radius 1 is 1.30 bits per heavy atom. The van der Waals surface area contributed by atoms with Crippen LogP contribution in [-0.4, -0.2) is 38.4 Å². The normalized spacial score (nSPS) is 8.30. The molecular formula is C5H9NO4. The Balaban J connectivity index is 3.69. The maximum atomic E-state index is 10.5. The van der Waals surface area contributed by atoms with Crippen molar-refractivity contribution in [3.8, 4) is 0 Å². The number of ether oxygens (including phenoxy) is 2. The zero-order chi connectivity index (χ0) is 8.15. The van der Waals surface area contributed by atoms with Gasteiger partial charge in [0.05, 0.1) is 7.11 Å². The number of hydrogen-bond acceptors (Lipinski definition) is 4. The minimum Gasteiger partial charge on any atom is -0.437 e. The third-order valence-electron chi connectivity index (χ3n) is 0.702. The maximum absolute atomic E-state index is 10.5. The molecule has 0 aromatic heterocycles. The van der Waals surface area contributed by atoms with Crippen LogP contribution in [0, 0.1) is 0 Å². The van der Waals surface area contributed by atoms with Crippen LogP contribution in [0.15, 0.2) is 0 Å². The molecule has 58 valence electrons. The lowest BCUT2D eigenvalue weighted by Crippen LogP contribution is -2.25. The lowest BCUT2D eigenvalue weighted by molar-refractivity contribution is 0.0807. The van der Waals surface area contributed by atoms with Gasteiger partial charge in [0.2, 0.25) is 0 Å². The van der Waals surface area contributed by atoms with Gasteiger partial charge in [-0.25, -0.2) is 9.59 Å². The van der Waals surface area contributed by atoms with Gasteiger partial charge in [0, 0.05) is 14.1 Å². The maximum Gasteiger partial charge on any atom is 0.517 e. The van der Waals surface area contributed by atoms with Crippen molar-refractivity contribution >= 4 is 12.2 Å². The molecule has 0 aromatic rings. The molecule has 0 radical (unpaired) electrons. The molecule has 0 N–H and O–H groups in total. The highest BCUT2D eigenvalue weighted by molar-refractivity contribution is 5.80. The van der Waals surface area contributed by atoms with Crippen molar-refractivity contribution in [2.75, 3.05) is 21.2 Å². The van der Waals surface area contributed by atoms with Crippen LogP contribution in [0.2, 0.25) is 0 Å². The van der Waals surface area contributed by atoms with Crippen LogP contribution in [-0.2, 0) is 9.47 Å². The number of carbonyl (C=O) groups is 2. The summed E-state index contributed by atoms with van der Waals surface area (Å²) in [5.41, 5.74) is 0. The van der Waals surface area contributed by atoms with Gasteiger partial charge in [-0.2, -0.15) is 0 Å². The van der Waals surface area contributed by atoms with Crippen LogP contribution in [0.4, 0.5) is 9.59 Å². The monoisotopic (exact) mass is 147 g/mol. The molecule has 0 fully saturated rings. The molecule has 0 aromatic carbocycles. The highest BCUT2D eigenvalue weighted by Crippen LogP contribution is 1.88. The molecule has 0 aliphatic carbocycles. The standard InChI is InChI=1S/C5H9NO4/c1-6(2)4(7)10-5(8)9-3/h1-3H3. The minimum atomic E-state index is -1.00. The van der Waals surface area contributed by atoms with Crippen LogP contribution < -0.4 is 0 Å². The predicted molar refractivity (Wildman–Crippen MR) is 32.6 cm³/mol. The van der Waals surface area contributed by atoms with E-state index in [-0.39, 0.29) is 0 Å². The molecule has 0 unspecified atom stereocenters. The highest BCUT2D eigenvalue weighted by Gasteiger charge is 2.10. The van der Waals surface area contributed by atoms with Crippen LogP contribution in [0.5, 0.6) is 0 Å². The summed E-state index contributed by atoms with van der Waals surface area (Å²) in [7, 11) is 4.06. The van der Waals surface area contributed by atoms with E-state index in [1.807, 2.05) is 0 Å². The summed E-state index contributed by atoms with van der Waals surface area (Å²) in [6.45, 7) is 0. The number of hydrogen-bond donors (Lipinski definition) is 0. The van der Waals surface area contributed by atoms with Gasteiger partial charge in [-0.15, -0.1) is 0 Å². The van der Waals surface area contributed by atoms with Crippen molar-refractivity contribution < 1.29 is 19.1 Å². The van der Waals surface area contributed by atoms with Crippen molar-refractivity contribution in [2.24, 2.45) is 0 Å². The van der Waals surface area contributed by atoms with E-state index in [0.717, 1.165) is 12.0 Å². The number of nitrogens with zero attached hydrogens (tertiary/aromatic N) is 1. The summed E-state index contributed by atoms with van der Waals surface area (Å²) in [6, 6.07) is 0. The lowest BCUT2D eigenvalue weighted by Gasteiger charge is -2.07. The van der Waals surface area contributed by atoms with E-state index in [2.05, 4.69) is 9.47 Å². The van der Waals surface area contributed by atoms with Gasteiger partial charge >= 0.3 is 12.2 Å². The van der Waals surface area contributed by atoms with Crippen molar-refractivity contribution in [3.05, 3.63) is 0 Å². The Morgan fingerprint density at radius 2 is 1.80 bits per heavy atom. The quantitative estimate of drug-likeness (QED) is 0.368. The first-order chi connectivity index (χ1) is 4.57. The number of methoxy groups -OCH3 is 1. The second kappa shape index (κ2) is 3.71. The van der Waals surface area contributed by atoms with E-state index in [0.29, 0.717) is 0 Å². The molecule has 1 amide bonds. The van der Waals surface area contributed by atoms with E-state index in [1.165, 1.54) is 14.1 Å². The van der Waals surface area contributed by atoms with Gasteiger partial charge in [0.25, 0.3) is 0 Å². The SMILES string of the molecule is COC(=O)OC(=O)N(C)C. The van der Waals surface area contributed by atoms with Gasteiger partial charge in [0.15, 0.2) is 0 Å². The van der Waals surface area contributed by atoms with Gasteiger partial charge < -0.3 is 14.4 Å². The fourth-order valence-electron chi connectivity index (χ4n) is 0.204. The zero-order valence-corrected chi connectivity index (χ0v) is 6.08. The van der Waals surface area contributed by atoms with Crippen LogP contribution >= 0.6 is 0 Å². The molecule has 0 aliphatic rings. The van der Waals surface area contributed by atoms with Crippen molar-refractivity contribution in [1.29, 1.82) is 0 Å². The Bertz CT molecular complexity index is 143. The number of rotatable bonds is 0. The molecule has 0 bridgehead atoms. The molecule has 0 spiro atoms. The van der Waals surface area contributed by atoms with Crippen molar-refractivity contribution in [2.45, 2.75) is 0 Å². The lowest BCUT2D eigenvalue weighted by atomic mass is 10.9. The fraction of sp³-hybridized carbons (Fsp3) is 0.600. The summed E-state index contributed by atoms with van der Waals surface area (Å²) in [5.74, 6) is 0. The Kier molecular flexibility index (Phi) is 3.24. The van der Waals surface area contributed by atoms with Crippen LogP contribution in [0.1, 0.15) is 0 Å². The molecule has 0 heterocycles. The molecular weight excluding hydrogens is 138 g/mol. The second-order valence-electron chi connectivity index (χ2n) is 1.72. The van der Waals surface area contributed by atoms with E-state index >= 15 is 0 Å². The van der Waals surface area contributed by atoms with Crippen molar-refractivity contribution in [1.82, 2.24) is 4.90 Å². The first kappa shape index (κ1) is 8.74. The van der Waals surface area contributed by atoms with E-state index in [9.17, 15) is 9.59 Å². The topological polar surface area (TPSA) is 55.8 Å². The van der Waals surface area contributed by atoms with Gasteiger partial charge in [-0.3, -0.25) is 0 Å². The van der Waals surface area contributed by atoms with Crippen LogP contribution in [0.25, 0.3) is 0 Å². The average Bonchev–Trinajstić information content (AvgIpc) is 1.87. The molecule has 0 atom stereocenters. The number of carbonyl (C=O) groups excluding carboxylic acids is 2. The zero-order valence-electron chi connectivity index (χ0n) is 6.08. The molecule has 0 saturated heterocycles. The largest absolute Gasteiger partial charge is 0.517 e. The Labute approximate surface area is 58.5 Å². The molecule has 10 heavy (non-hydrogen) atoms. The summed E-state index contributed by atoms with van der Waals surface area (Å²) in [4.78, 5) is 21.9. The molecule has 5 heteroatoms. The van der Waals surface area contributed by atoms with E-state index < -0.39 is 12.2 Å². The summed E-state index contributed by atoms with van der Waals surface area (Å²) < 4.78 is 8.15. The molecule has 0 rings (SSSR count). The second-order valence-corrected chi connectivity index (χ2v) is 1.72. The number of amides is 1. The smallest absolute Gasteiger partial charge is 0.437 e. The van der Waals surface area contributed by atoms with E-state index in [4.69, 9.17) is 0 Å². The molecule has 0 aliphatic heterocycles. The summed E-state index contributed by atoms with van der Waals surface area (Å²) in [6.07, 6.45) is -1.74. The van der Waals surface area contributed by atoms with Gasteiger partial charge in [-0.1, -0.05) is 0 Å². The van der Waals surface area contributed by atoms with Crippen molar-refractivity contribution in [3.63, 3.8) is 0 Å². The molecule has 0 saturated carbocycles. The Morgan fingerprint density at radius 3 is 2.10 bits per heavy atom. The third kappa shape index (κ3) is 2.91. The minimum absolute atomic E-state index is 0.744. The summed E-state index contributed by atoms with van der Waals surface area (Å²) in [5, 5.41) is 0. The van der Waals surface area contributed by atoms with Gasteiger partial charge in [-0.05, 0) is 0 Å². The summed E-state index contributed by atoms with van der Waals surface area (Å²) >= 11 is 0. The van der Waals surface area contributed by atoms with Gasteiger partial charge in [0.1, 0.15) is 0 Å². The highest BCUT2D eigenvalue weighted by atomic mass is 16.7. The molecule has 5 nitrogen and oxygen atoms in total. The fourth-order valence-corrected chi connectivity index (χ4v) is 0.204. The first-order valence-corrected chi connectivity index (χ1v) is 2.55. The van der Waals surface area contributed by atoms with E-state index in [1.54, 1.807) is 0 Å².